The van der Waals surface area contributed by atoms with Gasteiger partial charge in [-0.25, -0.2) is 4.79 Å². The van der Waals surface area contributed by atoms with Crippen LogP contribution in [0.25, 0.3) is 0 Å². The molecule has 56 valence electrons. The van der Waals surface area contributed by atoms with E-state index in [4.69, 9.17) is 4.74 Å². The molecule has 0 radical (unpaired) electrons. The summed E-state index contributed by atoms with van der Waals surface area (Å²) in [4.78, 5) is 10.6. The Balaban J connectivity index is 2.04. The molecule has 4 nitrogen and oxygen atoms in total. The number of piperidine rings is 1. The van der Waals surface area contributed by atoms with E-state index in [2.05, 4.69) is 10.6 Å². The van der Waals surface area contributed by atoms with Crippen LogP contribution in [0.5, 0.6) is 0 Å². The van der Waals surface area contributed by atoms with Crippen molar-refractivity contribution in [2.24, 2.45) is 0 Å². The maximum Gasteiger partial charge on any atom is 0.407 e. The number of hydrogen-bond acceptors (Lipinski definition) is 3. The summed E-state index contributed by atoms with van der Waals surface area (Å²) >= 11 is 0. The topological polar surface area (TPSA) is 50.4 Å². The van der Waals surface area contributed by atoms with Gasteiger partial charge in [-0.2, -0.15) is 0 Å². The fraction of sp³-hybridized carbons (Fsp3) is 0.833. The molecule has 10 heavy (non-hydrogen) atoms. The molecule has 0 unspecified atom stereocenters. The van der Waals surface area contributed by atoms with Crippen molar-refractivity contribution in [1.29, 1.82) is 0 Å². The number of hydrogen-bond donors (Lipinski definition) is 2. The Morgan fingerprint density at radius 3 is 3.30 bits per heavy atom. The Labute approximate surface area is 58.9 Å². The van der Waals surface area contributed by atoms with Crippen LogP contribution in [0.2, 0.25) is 0 Å². The first-order valence-electron chi connectivity index (χ1n) is 3.54. The smallest absolute Gasteiger partial charge is 0.407 e. The van der Waals surface area contributed by atoms with E-state index >= 15 is 0 Å². The van der Waals surface area contributed by atoms with E-state index < -0.39 is 0 Å². The highest BCUT2D eigenvalue weighted by atomic mass is 16.6. The van der Waals surface area contributed by atoms with E-state index in [-0.39, 0.29) is 18.2 Å². The minimum atomic E-state index is -0.265. The molecule has 0 aliphatic carbocycles. The molecule has 2 N–H and O–H groups in total. The first kappa shape index (κ1) is 5.97. The van der Waals surface area contributed by atoms with Crippen molar-refractivity contribution < 1.29 is 9.53 Å². The second-order valence-electron chi connectivity index (χ2n) is 2.69. The second-order valence-corrected chi connectivity index (χ2v) is 2.69. The third-order valence-electron chi connectivity index (χ3n) is 1.98. The molecule has 0 bridgehead atoms. The summed E-state index contributed by atoms with van der Waals surface area (Å²) in [7, 11) is 0. The Bertz CT molecular complexity index is 144. The van der Waals surface area contributed by atoms with Gasteiger partial charge in [0.25, 0.3) is 0 Å². The maximum atomic E-state index is 10.6. The Morgan fingerprint density at radius 2 is 2.50 bits per heavy atom. The maximum absolute atomic E-state index is 10.6. The number of carbonyl (C=O) groups excluding carboxylic acids is 1. The summed E-state index contributed by atoms with van der Waals surface area (Å²) in [5.41, 5.74) is 0. The molecule has 1 amide bonds. The van der Waals surface area contributed by atoms with Crippen LogP contribution in [0.1, 0.15) is 6.42 Å². The predicted octanol–water partition coefficient (Wildman–Crippen LogP) is -0.543. The fourth-order valence-corrected chi connectivity index (χ4v) is 1.44. The summed E-state index contributed by atoms with van der Waals surface area (Å²) in [6.45, 7) is 1.80. The van der Waals surface area contributed by atoms with Gasteiger partial charge in [0.1, 0.15) is 6.10 Å². The van der Waals surface area contributed by atoms with Gasteiger partial charge in [0.2, 0.25) is 0 Å². The molecule has 2 saturated heterocycles. The number of carbonyl (C=O) groups is 1. The van der Waals surface area contributed by atoms with Crippen molar-refractivity contribution >= 4 is 6.09 Å². The molecule has 2 atom stereocenters. The molecule has 2 rings (SSSR count). The summed E-state index contributed by atoms with van der Waals surface area (Å²) in [5.74, 6) is 0. The van der Waals surface area contributed by atoms with E-state index in [0.29, 0.717) is 0 Å². The molecule has 2 aliphatic heterocycles. The summed E-state index contributed by atoms with van der Waals surface area (Å²) in [6, 6.07) is 0.209. The zero-order valence-electron chi connectivity index (χ0n) is 5.59. The number of alkyl carbamates (subject to hydrolysis) is 1. The van der Waals surface area contributed by atoms with Gasteiger partial charge < -0.3 is 15.4 Å². The summed E-state index contributed by atoms with van der Waals surface area (Å²) in [5, 5.41) is 5.91. The van der Waals surface area contributed by atoms with Crippen LogP contribution in [-0.2, 0) is 4.74 Å². The van der Waals surface area contributed by atoms with Crippen molar-refractivity contribution in [1.82, 2.24) is 10.6 Å². The van der Waals surface area contributed by atoms with E-state index in [1.807, 2.05) is 0 Å². The quantitative estimate of drug-likeness (QED) is 0.477. The van der Waals surface area contributed by atoms with Crippen LogP contribution in [0.15, 0.2) is 0 Å². The van der Waals surface area contributed by atoms with Crippen molar-refractivity contribution in [2.45, 2.75) is 18.6 Å². The van der Waals surface area contributed by atoms with Gasteiger partial charge in [-0.3, -0.25) is 0 Å². The first-order chi connectivity index (χ1) is 4.86. The fourth-order valence-electron chi connectivity index (χ4n) is 1.44. The van der Waals surface area contributed by atoms with E-state index in [0.717, 1.165) is 19.5 Å². The third-order valence-corrected chi connectivity index (χ3v) is 1.98. The molecule has 0 spiro atoms. The minimum absolute atomic E-state index is 0.119. The van der Waals surface area contributed by atoms with Gasteiger partial charge in [-0.05, 0) is 13.0 Å². The Kier molecular flexibility index (Phi) is 1.27. The zero-order chi connectivity index (χ0) is 6.97. The van der Waals surface area contributed by atoms with Crippen LogP contribution in [0.3, 0.4) is 0 Å². The summed E-state index contributed by atoms with van der Waals surface area (Å²) < 4.78 is 4.98. The Hall–Kier alpha value is -0.770. The molecule has 0 aromatic heterocycles. The molecule has 0 saturated carbocycles. The molecule has 0 aromatic rings. The number of fused-ring (bicyclic) bond motifs is 1. The molecular formula is C6H10N2O2. The SMILES string of the molecule is O=C1N[C@H]2CNCC[C@H]2O1. The lowest BCUT2D eigenvalue weighted by molar-refractivity contribution is 0.117. The number of ether oxygens (including phenoxy) is 1. The predicted molar refractivity (Wildman–Crippen MR) is 34.7 cm³/mol. The highest BCUT2D eigenvalue weighted by Crippen LogP contribution is 2.13. The summed E-state index contributed by atoms with van der Waals surface area (Å²) in [6.07, 6.45) is 0.788. The zero-order valence-corrected chi connectivity index (χ0v) is 5.59. The largest absolute Gasteiger partial charge is 0.444 e. The van der Waals surface area contributed by atoms with Crippen molar-refractivity contribution in [2.75, 3.05) is 13.1 Å². The molecule has 2 heterocycles. The number of nitrogens with one attached hydrogen (secondary N) is 2. The molecule has 4 heteroatoms. The van der Waals surface area contributed by atoms with E-state index in [9.17, 15) is 4.79 Å². The number of rotatable bonds is 0. The van der Waals surface area contributed by atoms with Gasteiger partial charge in [-0.1, -0.05) is 0 Å². The van der Waals surface area contributed by atoms with Crippen LogP contribution < -0.4 is 10.6 Å². The van der Waals surface area contributed by atoms with Crippen LogP contribution in [-0.4, -0.2) is 31.3 Å². The highest BCUT2D eigenvalue weighted by Gasteiger charge is 2.35. The second kappa shape index (κ2) is 2.12. The van der Waals surface area contributed by atoms with Gasteiger partial charge in [0.05, 0.1) is 6.04 Å². The van der Waals surface area contributed by atoms with Crippen LogP contribution in [0, 0.1) is 0 Å². The third kappa shape index (κ3) is 0.844. The normalized spacial score (nSPS) is 38.2. The lowest BCUT2D eigenvalue weighted by Crippen LogP contribution is -2.46. The monoisotopic (exact) mass is 142 g/mol. The average Bonchev–Trinajstić information content (AvgIpc) is 2.27. The highest BCUT2D eigenvalue weighted by molar-refractivity contribution is 5.70. The van der Waals surface area contributed by atoms with Crippen LogP contribution in [0.4, 0.5) is 4.79 Å². The van der Waals surface area contributed by atoms with E-state index in [1.165, 1.54) is 0 Å². The minimum Gasteiger partial charge on any atom is -0.444 e. The van der Waals surface area contributed by atoms with Crippen molar-refractivity contribution in [3.05, 3.63) is 0 Å². The molecule has 2 fully saturated rings. The van der Waals surface area contributed by atoms with Crippen LogP contribution >= 0.6 is 0 Å². The lowest BCUT2D eigenvalue weighted by atomic mass is 10.1. The average molecular weight is 142 g/mol. The first-order valence-corrected chi connectivity index (χ1v) is 3.54. The standard InChI is InChI=1S/C6H10N2O2/c9-6-8-4-3-7-2-1-5(4)10-6/h4-5,7H,1-3H2,(H,8,9)/t4-,5+/m0/s1. The Morgan fingerprint density at radius 1 is 1.60 bits per heavy atom. The van der Waals surface area contributed by atoms with E-state index in [1.54, 1.807) is 0 Å². The molecular weight excluding hydrogens is 132 g/mol. The van der Waals surface area contributed by atoms with Gasteiger partial charge >= 0.3 is 6.09 Å². The van der Waals surface area contributed by atoms with Gasteiger partial charge in [-0.15, -0.1) is 0 Å². The molecule has 2 aliphatic rings. The molecule has 0 aromatic carbocycles. The van der Waals surface area contributed by atoms with Crippen molar-refractivity contribution in [3.8, 4) is 0 Å². The lowest BCUT2D eigenvalue weighted by Gasteiger charge is -2.22. The van der Waals surface area contributed by atoms with Crippen molar-refractivity contribution in [3.63, 3.8) is 0 Å². The van der Waals surface area contributed by atoms with Gasteiger partial charge in [0.15, 0.2) is 0 Å². The van der Waals surface area contributed by atoms with Gasteiger partial charge in [0, 0.05) is 6.54 Å². The number of amides is 1.